The van der Waals surface area contributed by atoms with Gasteiger partial charge >= 0.3 is 6.18 Å². The Morgan fingerprint density at radius 3 is 2.07 bits per heavy atom. The molecule has 0 aromatic heterocycles. The minimum atomic E-state index is -4.56. The minimum Gasteiger partial charge on any atom is -0.390 e. The van der Waals surface area contributed by atoms with Crippen molar-refractivity contribution in [3.63, 3.8) is 0 Å². The van der Waals surface area contributed by atoms with Gasteiger partial charge in [-0.3, -0.25) is 0 Å². The molecule has 0 radical (unpaired) electrons. The van der Waals surface area contributed by atoms with Crippen LogP contribution in [0.5, 0.6) is 0 Å². The number of aliphatic hydroxyl groups is 1. The smallest absolute Gasteiger partial charge is 0.390 e. The van der Waals surface area contributed by atoms with Crippen molar-refractivity contribution in [1.29, 1.82) is 0 Å². The van der Waals surface area contributed by atoms with E-state index in [2.05, 4.69) is 0 Å². The number of hydrogen-bond donors (Lipinski definition) is 2. The summed E-state index contributed by atoms with van der Waals surface area (Å²) in [4.78, 5) is -0.264. The number of rotatable bonds is 9. The summed E-state index contributed by atoms with van der Waals surface area (Å²) in [6, 6.07) is 11.9. The minimum absolute atomic E-state index is 0.0632. The van der Waals surface area contributed by atoms with Crippen LogP contribution in [-0.4, -0.2) is 43.1 Å². The first-order chi connectivity index (χ1) is 13.9. The number of benzene rings is 2. The van der Waals surface area contributed by atoms with E-state index in [1.165, 1.54) is 0 Å². The van der Waals surface area contributed by atoms with Gasteiger partial charge in [0, 0.05) is 19.1 Å². The van der Waals surface area contributed by atoms with Crippen molar-refractivity contribution in [1.82, 2.24) is 4.31 Å². The van der Waals surface area contributed by atoms with E-state index in [0.717, 1.165) is 34.1 Å². The molecule has 166 valence electrons. The predicted molar refractivity (Wildman–Crippen MR) is 109 cm³/mol. The fraction of sp³-hybridized carbons (Fsp3) is 0.429. The van der Waals surface area contributed by atoms with Crippen LogP contribution in [0.15, 0.2) is 59.5 Å². The van der Waals surface area contributed by atoms with E-state index < -0.39 is 33.9 Å². The van der Waals surface area contributed by atoms with Gasteiger partial charge in [0.05, 0.1) is 16.6 Å². The SMILES string of the molecule is CC(C)CN(CC(O)C(N)Cc1ccccc1)S(=O)(=O)c1ccc(C(F)(F)F)cc1. The Morgan fingerprint density at radius 1 is 1.00 bits per heavy atom. The highest BCUT2D eigenvalue weighted by Gasteiger charge is 2.33. The van der Waals surface area contributed by atoms with Crippen molar-refractivity contribution in [2.45, 2.75) is 43.5 Å². The zero-order valence-corrected chi connectivity index (χ0v) is 17.7. The fourth-order valence-electron chi connectivity index (χ4n) is 3.01. The Hall–Kier alpha value is -1.94. The molecule has 2 atom stereocenters. The van der Waals surface area contributed by atoms with Crippen LogP contribution in [0.4, 0.5) is 13.2 Å². The lowest BCUT2D eigenvalue weighted by molar-refractivity contribution is -0.137. The molecule has 0 amide bonds. The summed E-state index contributed by atoms with van der Waals surface area (Å²) in [5, 5.41) is 10.5. The van der Waals surface area contributed by atoms with Gasteiger partial charge in [-0.05, 0) is 42.2 Å². The summed E-state index contributed by atoms with van der Waals surface area (Å²) in [5.41, 5.74) is 6.06. The van der Waals surface area contributed by atoms with E-state index in [4.69, 9.17) is 5.73 Å². The molecule has 0 aliphatic carbocycles. The third-order valence-corrected chi connectivity index (χ3v) is 6.43. The zero-order chi connectivity index (χ0) is 22.5. The number of alkyl halides is 3. The third kappa shape index (κ3) is 6.53. The van der Waals surface area contributed by atoms with Crippen LogP contribution in [0.25, 0.3) is 0 Å². The van der Waals surface area contributed by atoms with Gasteiger partial charge in [0.2, 0.25) is 10.0 Å². The third-order valence-electron chi connectivity index (χ3n) is 4.59. The van der Waals surface area contributed by atoms with Crippen LogP contribution < -0.4 is 5.73 Å². The van der Waals surface area contributed by atoms with Gasteiger partial charge < -0.3 is 10.8 Å². The van der Waals surface area contributed by atoms with E-state index in [9.17, 15) is 26.7 Å². The van der Waals surface area contributed by atoms with E-state index in [1.807, 2.05) is 44.2 Å². The first-order valence-corrected chi connectivity index (χ1v) is 11.0. The summed E-state index contributed by atoms with van der Waals surface area (Å²) in [6.07, 6.45) is -5.34. The zero-order valence-electron chi connectivity index (χ0n) is 16.9. The molecule has 5 nitrogen and oxygen atoms in total. The van der Waals surface area contributed by atoms with Crippen LogP contribution in [0.3, 0.4) is 0 Å². The van der Waals surface area contributed by atoms with E-state index >= 15 is 0 Å². The second-order valence-corrected chi connectivity index (χ2v) is 9.60. The first kappa shape index (κ1) is 24.3. The van der Waals surface area contributed by atoms with Crippen molar-refractivity contribution in [2.75, 3.05) is 13.1 Å². The second kappa shape index (κ2) is 9.91. The lowest BCUT2D eigenvalue weighted by Gasteiger charge is -2.28. The van der Waals surface area contributed by atoms with Crippen molar-refractivity contribution in [3.05, 3.63) is 65.7 Å². The average molecular weight is 445 g/mol. The van der Waals surface area contributed by atoms with Crippen LogP contribution >= 0.6 is 0 Å². The van der Waals surface area contributed by atoms with Gasteiger partial charge in [-0.15, -0.1) is 0 Å². The maximum Gasteiger partial charge on any atom is 0.416 e. The molecule has 3 N–H and O–H groups in total. The highest BCUT2D eigenvalue weighted by atomic mass is 32.2. The molecular formula is C21H27F3N2O3S. The van der Waals surface area contributed by atoms with Crippen LogP contribution in [0.1, 0.15) is 25.0 Å². The number of hydrogen-bond acceptors (Lipinski definition) is 4. The molecule has 0 saturated heterocycles. The molecule has 30 heavy (non-hydrogen) atoms. The predicted octanol–water partition coefficient (Wildman–Crippen LogP) is 3.28. The fourth-order valence-corrected chi connectivity index (χ4v) is 4.63. The number of sulfonamides is 1. The van der Waals surface area contributed by atoms with Crippen molar-refractivity contribution in [3.8, 4) is 0 Å². The Labute approximate surface area is 175 Å². The lowest BCUT2D eigenvalue weighted by Crippen LogP contribution is -2.47. The number of aliphatic hydroxyl groups excluding tert-OH is 1. The molecule has 0 fully saturated rings. The number of nitrogens with two attached hydrogens (primary N) is 1. The highest BCUT2D eigenvalue weighted by Crippen LogP contribution is 2.30. The van der Waals surface area contributed by atoms with Crippen LogP contribution in [-0.2, 0) is 22.6 Å². The van der Waals surface area contributed by atoms with Crippen molar-refractivity contribution in [2.24, 2.45) is 11.7 Å². The van der Waals surface area contributed by atoms with Crippen molar-refractivity contribution >= 4 is 10.0 Å². The van der Waals surface area contributed by atoms with Gasteiger partial charge in [-0.1, -0.05) is 44.2 Å². The largest absolute Gasteiger partial charge is 0.416 e. The van der Waals surface area contributed by atoms with Gasteiger partial charge in [-0.25, -0.2) is 8.42 Å². The summed E-state index contributed by atoms with van der Waals surface area (Å²) in [7, 11) is -4.11. The second-order valence-electron chi connectivity index (χ2n) is 7.66. The molecule has 0 aliphatic rings. The lowest BCUT2D eigenvalue weighted by atomic mass is 10.0. The van der Waals surface area contributed by atoms with Crippen LogP contribution in [0.2, 0.25) is 0 Å². The maximum absolute atomic E-state index is 13.0. The standard InChI is InChI=1S/C21H27F3N2O3S/c1-15(2)13-26(14-20(27)19(25)12-16-6-4-3-5-7-16)30(28,29)18-10-8-17(9-11-18)21(22,23)24/h3-11,15,19-20,27H,12-14,25H2,1-2H3. The maximum atomic E-state index is 13.0. The molecule has 0 bridgehead atoms. The molecule has 0 saturated carbocycles. The number of nitrogens with zero attached hydrogens (tertiary/aromatic N) is 1. The van der Waals surface area contributed by atoms with Gasteiger partial charge in [0.15, 0.2) is 0 Å². The highest BCUT2D eigenvalue weighted by molar-refractivity contribution is 7.89. The molecule has 2 aromatic rings. The molecule has 0 spiro atoms. The Bertz CT molecular complexity index is 901. The van der Waals surface area contributed by atoms with E-state index in [-0.39, 0.29) is 23.9 Å². The Kier molecular flexibility index (Phi) is 8.04. The van der Waals surface area contributed by atoms with E-state index in [1.54, 1.807) is 0 Å². The summed E-state index contributed by atoms with van der Waals surface area (Å²) in [5.74, 6) is -0.0632. The van der Waals surface area contributed by atoms with Gasteiger partial charge in [0.25, 0.3) is 0 Å². The molecule has 0 aliphatic heterocycles. The van der Waals surface area contributed by atoms with Gasteiger partial charge in [-0.2, -0.15) is 17.5 Å². The average Bonchev–Trinajstić information content (AvgIpc) is 2.67. The normalized spacial score (nSPS) is 14.8. The van der Waals surface area contributed by atoms with Crippen LogP contribution in [0, 0.1) is 5.92 Å². The van der Waals surface area contributed by atoms with Crippen molar-refractivity contribution < 1.29 is 26.7 Å². The molecule has 2 rings (SSSR count). The molecule has 0 heterocycles. The quantitative estimate of drug-likeness (QED) is 0.622. The van der Waals surface area contributed by atoms with E-state index in [0.29, 0.717) is 6.42 Å². The Morgan fingerprint density at radius 2 is 1.57 bits per heavy atom. The first-order valence-electron chi connectivity index (χ1n) is 9.56. The molecule has 9 heteroatoms. The molecular weight excluding hydrogens is 417 g/mol. The monoisotopic (exact) mass is 444 g/mol. The Balaban J connectivity index is 2.20. The van der Waals surface area contributed by atoms with Gasteiger partial charge in [0.1, 0.15) is 0 Å². The number of halogens is 3. The summed E-state index contributed by atoms with van der Waals surface area (Å²) < 4.78 is 65.5. The topological polar surface area (TPSA) is 83.6 Å². The molecule has 2 aromatic carbocycles. The summed E-state index contributed by atoms with van der Waals surface area (Å²) in [6.45, 7) is 3.46. The molecule has 2 unspecified atom stereocenters. The summed E-state index contributed by atoms with van der Waals surface area (Å²) >= 11 is 0.